The van der Waals surface area contributed by atoms with Crippen LogP contribution in [0.25, 0.3) is 11.1 Å². The number of rotatable bonds is 6. The largest absolute Gasteiger partial charge is 0.289 e. The second-order valence-electron chi connectivity index (χ2n) is 8.43. The first kappa shape index (κ1) is 23.7. The molecule has 0 heterocycles. The van der Waals surface area contributed by atoms with Crippen molar-refractivity contribution in [2.24, 2.45) is 0 Å². The number of carbonyl (C=O) groups is 1. The Hall–Kier alpha value is -4.07. The number of Topliss-reactive ketones (excluding diaryl/α,β-unsaturated/α-hetero) is 1. The monoisotopic (exact) mass is 492 g/mol. The molecule has 5 aromatic carbocycles. The van der Waals surface area contributed by atoms with Crippen molar-refractivity contribution in [3.8, 4) is 11.1 Å². The summed E-state index contributed by atoms with van der Waals surface area (Å²) >= 11 is 0. The summed E-state index contributed by atoms with van der Waals surface area (Å²) in [7, 11) is 0. The maximum atomic E-state index is 14.5. The fourth-order valence-electron chi connectivity index (χ4n) is 4.47. The topological polar surface area (TPSA) is 17.1 Å². The summed E-state index contributed by atoms with van der Waals surface area (Å²) in [6.45, 7) is -2.48. The molecule has 0 N–H and O–H groups in total. The van der Waals surface area contributed by atoms with Crippen LogP contribution in [0, 0.1) is 11.6 Å². The van der Waals surface area contributed by atoms with Crippen LogP contribution < -0.4 is 15.9 Å². The van der Waals surface area contributed by atoms with E-state index < -0.39 is 18.5 Å². The van der Waals surface area contributed by atoms with E-state index in [4.69, 9.17) is 0 Å². The van der Waals surface area contributed by atoms with Crippen molar-refractivity contribution >= 4 is 34.4 Å². The number of halogens is 2. The molecule has 5 rings (SSSR count). The van der Waals surface area contributed by atoms with Crippen LogP contribution >= 0.6 is 6.89 Å². The van der Waals surface area contributed by atoms with Gasteiger partial charge in [0.1, 0.15) is 11.6 Å². The Morgan fingerprint density at radius 3 is 1.61 bits per heavy atom. The molecule has 0 fully saturated rings. The first-order chi connectivity index (χ1) is 17.6. The standard InChI is InChI=1S/C32H23F2OP/c33-26-19-20-30(31(34)22-26)24-11-10-12-25(21-24)32(35)23-36(27-13-4-1-5-14-27,28-15-6-2-7-16-28)29-17-8-3-9-18-29/h1-23H. The summed E-state index contributed by atoms with van der Waals surface area (Å²) in [6.07, 6.45) is 0. The van der Waals surface area contributed by atoms with Gasteiger partial charge in [-0.25, -0.2) is 8.78 Å². The van der Waals surface area contributed by atoms with Crippen molar-refractivity contribution < 1.29 is 13.6 Å². The Balaban J connectivity index is 1.73. The van der Waals surface area contributed by atoms with Gasteiger partial charge in [-0.3, -0.25) is 4.79 Å². The third kappa shape index (κ3) is 4.58. The molecule has 0 unspecified atom stereocenters. The highest BCUT2D eigenvalue weighted by molar-refractivity contribution is 7.95. The molecule has 1 nitrogen and oxygen atoms in total. The van der Waals surface area contributed by atoms with Crippen molar-refractivity contribution in [2.75, 3.05) is 0 Å². The average Bonchev–Trinajstić information content (AvgIpc) is 2.93. The number of hydrogen-bond acceptors (Lipinski definition) is 1. The lowest BCUT2D eigenvalue weighted by atomic mass is 10.0. The van der Waals surface area contributed by atoms with Crippen molar-refractivity contribution in [3.05, 3.63) is 151 Å². The van der Waals surface area contributed by atoms with Crippen molar-refractivity contribution in [1.82, 2.24) is 0 Å². The predicted molar refractivity (Wildman–Crippen MR) is 147 cm³/mol. The molecule has 36 heavy (non-hydrogen) atoms. The molecule has 176 valence electrons. The van der Waals surface area contributed by atoms with Crippen LogP contribution in [0.1, 0.15) is 10.4 Å². The summed E-state index contributed by atoms with van der Waals surface area (Å²) in [5.41, 5.74) is 1.22. The zero-order chi connectivity index (χ0) is 25.0. The molecule has 0 aliphatic rings. The fourth-order valence-corrected chi connectivity index (χ4v) is 8.24. The summed E-state index contributed by atoms with van der Waals surface area (Å²) < 4.78 is 27.9. The van der Waals surface area contributed by atoms with Crippen LogP contribution in [-0.4, -0.2) is 11.6 Å². The minimum Gasteiger partial charge on any atom is -0.289 e. The molecule has 0 saturated carbocycles. The molecular formula is C32H23F2OP. The van der Waals surface area contributed by atoms with Crippen LogP contribution in [0.4, 0.5) is 8.78 Å². The second kappa shape index (κ2) is 10.3. The van der Waals surface area contributed by atoms with Gasteiger partial charge >= 0.3 is 0 Å². The number of hydrogen-bond donors (Lipinski definition) is 0. The van der Waals surface area contributed by atoms with Gasteiger partial charge in [0.2, 0.25) is 0 Å². The fraction of sp³-hybridized carbons (Fsp3) is 0. The molecule has 0 aliphatic carbocycles. The van der Waals surface area contributed by atoms with Crippen LogP contribution in [0.2, 0.25) is 0 Å². The smallest absolute Gasteiger partial charge is 0.186 e. The Labute approximate surface area is 209 Å². The zero-order valence-electron chi connectivity index (χ0n) is 19.4. The van der Waals surface area contributed by atoms with Gasteiger partial charge in [-0.1, -0.05) is 109 Å². The molecule has 0 aromatic heterocycles. The summed E-state index contributed by atoms with van der Waals surface area (Å²) in [5, 5.41) is 3.20. The van der Waals surface area contributed by atoms with E-state index in [1.807, 2.05) is 60.4 Å². The van der Waals surface area contributed by atoms with Crippen molar-refractivity contribution in [3.63, 3.8) is 0 Å². The number of benzene rings is 5. The molecule has 0 spiro atoms. The average molecular weight is 493 g/mol. The molecule has 5 aromatic rings. The molecule has 0 amide bonds. The molecule has 0 aliphatic heterocycles. The summed E-state index contributed by atoms with van der Waals surface area (Å²) in [6, 6.07) is 40.6. The molecule has 4 heteroatoms. The maximum absolute atomic E-state index is 14.5. The first-order valence-corrected chi connectivity index (χ1v) is 13.4. The quantitative estimate of drug-likeness (QED) is 0.193. The Kier molecular flexibility index (Phi) is 6.75. The predicted octanol–water partition coefficient (Wildman–Crippen LogP) is 6.61. The van der Waals surface area contributed by atoms with Gasteiger partial charge in [-0.15, -0.1) is 0 Å². The Morgan fingerprint density at radius 1 is 0.583 bits per heavy atom. The molecule has 0 saturated heterocycles. The molecule has 0 bridgehead atoms. The normalized spacial score (nSPS) is 11.2. The van der Waals surface area contributed by atoms with Crippen LogP contribution in [0.5, 0.6) is 0 Å². The lowest BCUT2D eigenvalue weighted by Crippen LogP contribution is -2.28. The van der Waals surface area contributed by atoms with E-state index in [9.17, 15) is 13.6 Å². The van der Waals surface area contributed by atoms with Gasteiger partial charge in [0.15, 0.2) is 5.78 Å². The van der Waals surface area contributed by atoms with Gasteiger partial charge in [0.05, 0.1) is 0 Å². The lowest BCUT2D eigenvalue weighted by molar-refractivity contribution is 0.107. The minimum atomic E-state index is -2.48. The van der Waals surface area contributed by atoms with Crippen molar-refractivity contribution in [1.29, 1.82) is 0 Å². The number of ketones is 1. The van der Waals surface area contributed by atoms with Gasteiger partial charge < -0.3 is 0 Å². The molecule has 0 radical (unpaired) electrons. The van der Waals surface area contributed by atoms with E-state index in [1.54, 1.807) is 24.3 Å². The van der Waals surface area contributed by atoms with E-state index in [0.717, 1.165) is 22.0 Å². The first-order valence-electron chi connectivity index (χ1n) is 11.6. The van der Waals surface area contributed by atoms with E-state index in [-0.39, 0.29) is 11.3 Å². The highest BCUT2D eigenvalue weighted by Crippen LogP contribution is 2.44. The van der Waals surface area contributed by atoms with Crippen molar-refractivity contribution in [2.45, 2.75) is 0 Å². The van der Waals surface area contributed by atoms with E-state index in [0.29, 0.717) is 11.1 Å². The van der Waals surface area contributed by atoms with E-state index >= 15 is 0 Å². The molecule has 0 atom stereocenters. The highest BCUT2D eigenvalue weighted by Gasteiger charge is 2.26. The van der Waals surface area contributed by atoms with Crippen LogP contribution in [0.15, 0.2) is 133 Å². The van der Waals surface area contributed by atoms with Gasteiger partial charge in [0, 0.05) is 17.2 Å². The highest BCUT2D eigenvalue weighted by atomic mass is 31.2. The lowest BCUT2D eigenvalue weighted by Gasteiger charge is -2.28. The zero-order valence-corrected chi connectivity index (χ0v) is 20.3. The van der Waals surface area contributed by atoms with Gasteiger partial charge in [-0.05, 0) is 52.4 Å². The van der Waals surface area contributed by atoms with Gasteiger partial charge in [-0.2, -0.15) is 0 Å². The SMILES string of the molecule is O=C(C=P(c1ccccc1)(c1ccccc1)c1ccccc1)c1cccc(-c2ccc(F)cc2F)c1. The third-order valence-corrected chi connectivity index (χ3v) is 10.2. The summed E-state index contributed by atoms with van der Waals surface area (Å²) in [5.74, 6) is 0.403. The second-order valence-corrected chi connectivity index (χ2v) is 11.7. The van der Waals surface area contributed by atoms with Crippen LogP contribution in [-0.2, 0) is 0 Å². The third-order valence-electron chi connectivity index (χ3n) is 6.19. The maximum Gasteiger partial charge on any atom is 0.186 e. The Morgan fingerprint density at radius 2 is 1.11 bits per heavy atom. The van der Waals surface area contributed by atoms with Gasteiger partial charge in [0.25, 0.3) is 0 Å². The van der Waals surface area contributed by atoms with E-state index in [2.05, 4.69) is 36.4 Å². The number of carbonyl (C=O) groups excluding carboxylic acids is 1. The molecular weight excluding hydrogens is 469 g/mol. The summed E-state index contributed by atoms with van der Waals surface area (Å²) in [4.78, 5) is 13.9. The minimum absolute atomic E-state index is 0.149. The van der Waals surface area contributed by atoms with Crippen LogP contribution in [0.3, 0.4) is 0 Å². The Bertz CT molecular complexity index is 1460. The van der Waals surface area contributed by atoms with E-state index in [1.165, 1.54) is 12.1 Å².